The highest BCUT2D eigenvalue weighted by atomic mass is 28.3. The first kappa shape index (κ1) is 48.0. The first-order valence-electron chi connectivity index (χ1n) is 20.5. The molecule has 0 saturated carbocycles. The van der Waals surface area contributed by atoms with Crippen molar-refractivity contribution in [2.24, 2.45) is 5.92 Å². The Morgan fingerprint density at radius 1 is 0.627 bits per heavy atom. The normalized spacial score (nSPS) is 12.6. The van der Waals surface area contributed by atoms with Crippen LogP contribution in [0.25, 0.3) is 12.2 Å². The summed E-state index contributed by atoms with van der Waals surface area (Å²) in [5, 5.41) is 15.7. The van der Waals surface area contributed by atoms with Gasteiger partial charge in [0.1, 0.15) is 11.1 Å². The van der Waals surface area contributed by atoms with E-state index < -0.39 is 39.9 Å². The number of nitrogens with one attached hydrogen (secondary N) is 5. The van der Waals surface area contributed by atoms with Crippen LogP contribution in [0.5, 0.6) is 0 Å². The van der Waals surface area contributed by atoms with Gasteiger partial charge in [-0.2, -0.15) is 15.0 Å². The van der Waals surface area contributed by atoms with Gasteiger partial charge in [0.25, 0.3) is 11.8 Å². The minimum atomic E-state index is -1.60. The molecule has 0 radical (unpaired) electrons. The number of carbonyl (C=O) groups excluding carboxylic acids is 4. The maximum Gasteiger partial charge on any atom is 0.343 e. The van der Waals surface area contributed by atoms with Gasteiger partial charge in [-0.25, -0.2) is 9.59 Å². The maximum atomic E-state index is 13.0. The van der Waals surface area contributed by atoms with Crippen LogP contribution >= 0.6 is 0 Å². The lowest BCUT2D eigenvalue weighted by Crippen LogP contribution is -2.41. The summed E-state index contributed by atoms with van der Waals surface area (Å²) in [4.78, 5) is 65.5. The third-order valence-electron chi connectivity index (χ3n) is 8.72. The molecule has 3 aromatic rings. The van der Waals surface area contributed by atoms with Gasteiger partial charge in [0.05, 0.1) is 29.4 Å². The Bertz CT molecular complexity index is 1800. The van der Waals surface area contributed by atoms with E-state index in [0.29, 0.717) is 53.2 Å². The zero-order chi connectivity index (χ0) is 43.6. The fourth-order valence-electron chi connectivity index (χ4n) is 5.40. The molecule has 0 fully saturated rings. The van der Waals surface area contributed by atoms with Crippen molar-refractivity contribution in [2.45, 2.75) is 92.7 Å². The molecule has 0 aliphatic heterocycles. The second kappa shape index (κ2) is 23.3. The van der Waals surface area contributed by atoms with Gasteiger partial charge in [0.15, 0.2) is 0 Å². The molecule has 0 saturated heterocycles. The summed E-state index contributed by atoms with van der Waals surface area (Å²) < 4.78 is 10.4. The Morgan fingerprint density at radius 3 is 1.39 bits per heavy atom. The largest absolute Gasteiger partial charge is 0.462 e. The third-order valence-corrected chi connectivity index (χ3v) is 11.2. The van der Waals surface area contributed by atoms with E-state index in [1.54, 1.807) is 62.4 Å². The second-order valence-corrected chi connectivity index (χ2v) is 27.6. The number of amides is 2. The molecule has 320 valence electrons. The van der Waals surface area contributed by atoms with Crippen LogP contribution in [0.4, 0.5) is 29.2 Å². The number of benzene rings is 2. The number of nitrogens with zero attached hydrogens (tertiary/aromatic N) is 3. The molecule has 14 nitrogen and oxygen atoms in total. The van der Waals surface area contributed by atoms with Crippen LogP contribution in [-0.2, 0) is 28.7 Å². The highest BCUT2D eigenvalue weighted by Gasteiger charge is 2.24. The Kier molecular flexibility index (Phi) is 19.0. The molecule has 2 amide bonds. The zero-order valence-electron chi connectivity index (χ0n) is 36.5. The van der Waals surface area contributed by atoms with E-state index in [-0.39, 0.29) is 36.3 Å². The van der Waals surface area contributed by atoms with Crippen molar-refractivity contribution in [3.8, 4) is 0 Å². The van der Waals surface area contributed by atoms with Crippen LogP contribution in [0, 0.1) is 5.92 Å². The number of aromatic nitrogens is 3. The number of anilines is 5. The molecule has 2 aromatic carbocycles. The van der Waals surface area contributed by atoms with Gasteiger partial charge in [-0.05, 0) is 73.7 Å². The molecule has 3 rings (SSSR count). The first-order chi connectivity index (χ1) is 27.9. The molecule has 0 spiro atoms. The molecular formula is C43H64N8O6Si2. The lowest BCUT2D eigenvalue weighted by molar-refractivity contribution is -0.141. The van der Waals surface area contributed by atoms with E-state index in [9.17, 15) is 19.2 Å². The van der Waals surface area contributed by atoms with Crippen LogP contribution in [0.15, 0.2) is 59.7 Å². The van der Waals surface area contributed by atoms with Crippen LogP contribution < -0.4 is 26.6 Å². The summed E-state index contributed by atoms with van der Waals surface area (Å²) in [5.74, 6) is -0.869. The van der Waals surface area contributed by atoms with Crippen molar-refractivity contribution in [1.82, 2.24) is 25.6 Å². The van der Waals surface area contributed by atoms with Crippen molar-refractivity contribution in [1.29, 1.82) is 0 Å². The lowest BCUT2D eigenvalue weighted by atomic mass is 9.99. The molecule has 5 N–H and O–H groups in total. The smallest absolute Gasteiger partial charge is 0.343 e. The van der Waals surface area contributed by atoms with Crippen molar-refractivity contribution < 1.29 is 28.7 Å². The quantitative estimate of drug-likeness (QED) is 0.0205. The fraction of sp³-hybridized carbons (Fsp3) is 0.465. The summed E-state index contributed by atoms with van der Waals surface area (Å²) in [6.07, 6.45) is 8.49. The minimum Gasteiger partial charge on any atom is -0.462 e. The monoisotopic (exact) mass is 844 g/mol. The first-order valence-corrected chi connectivity index (χ1v) is 27.9. The number of esters is 2. The van der Waals surface area contributed by atoms with E-state index in [0.717, 1.165) is 25.7 Å². The molecule has 1 heterocycles. The number of rotatable bonds is 23. The molecule has 0 aliphatic carbocycles. The highest BCUT2D eigenvalue weighted by molar-refractivity contribution is 6.76. The number of carbonyl (C=O) groups is 4. The number of hydrogen-bond acceptors (Lipinski definition) is 12. The van der Waals surface area contributed by atoms with Gasteiger partial charge in [0, 0.05) is 30.3 Å². The van der Waals surface area contributed by atoms with E-state index in [2.05, 4.69) is 94.7 Å². The van der Waals surface area contributed by atoms with Crippen molar-refractivity contribution >= 4 is 81.3 Å². The Hall–Kier alpha value is -5.36. The van der Waals surface area contributed by atoms with Crippen LogP contribution in [0.1, 0.15) is 64.5 Å². The van der Waals surface area contributed by atoms with Gasteiger partial charge in [-0.15, -0.1) is 0 Å². The van der Waals surface area contributed by atoms with Gasteiger partial charge in [-0.3, -0.25) is 9.59 Å². The topological polar surface area (TPSA) is 186 Å². The van der Waals surface area contributed by atoms with E-state index in [1.807, 2.05) is 0 Å². The van der Waals surface area contributed by atoms with Gasteiger partial charge < -0.3 is 36.1 Å². The van der Waals surface area contributed by atoms with Crippen molar-refractivity contribution in [3.63, 3.8) is 0 Å². The Balaban J connectivity index is 1.90. The van der Waals surface area contributed by atoms with Gasteiger partial charge in [-0.1, -0.05) is 96.7 Å². The second-order valence-electron chi connectivity index (χ2n) is 16.6. The van der Waals surface area contributed by atoms with E-state index in [1.165, 1.54) is 12.2 Å². The van der Waals surface area contributed by atoms with E-state index in [4.69, 9.17) is 9.47 Å². The highest BCUT2D eigenvalue weighted by Crippen LogP contribution is 2.22. The molecule has 1 aromatic heterocycles. The summed E-state index contributed by atoms with van der Waals surface area (Å²) in [6, 6.07) is 14.4. The zero-order valence-corrected chi connectivity index (χ0v) is 38.5. The molecule has 0 aliphatic rings. The fourth-order valence-corrected chi connectivity index (χ4v) is 6.78. The van der Waals surface area contributed by atoms with Crippen molar-refractivity contribution in [3.05, 3.63) is 70.8 Å². The summed E-state index contributed by atoms with van der Waals surface area (Å²) >= 11 is 0. The summed E-state index contributed by atoms with van der Waals surface area (Å²) in [6.45, 7) is 21.6. The molecule has 59 heavy (non-hydrogen) atoms. The lowest BCUT2D eigenvalue weighted by Gasteiger charge is -2.17. The van der Waals surface area contributed by atoms with Crippen molar-refractivity contribution in [2.75, 3.05) is 48.0 Å². The molecule has 1 unspecified atom stereocenters. The Morgan fingerprint density at radius 2 is 1.03 bits per heavy atom. The molecule has 16 heteroatoms. The average Bonchev–Trinajstić information content (AvgIpc) is 3.18. The molecule has 0 bridgehead atoms. The van der Waals surface area contributed by atoms with Crippen LogP contribution in [0.3, 0.4) is 0 Å². The average molecular weight is 845 g/mol. The number of hydrogen-bond donors (Lipinski definition) is 5. The van der Waals surface area contributed by atoms with Crippen LogP contribution in [0.2, 0.25) is 39.3 Å². The van der Waals surface area contributed by atoms with Gasteiger partial charge in [0.2, 0.25) is 17.8 Å². The number of ether oxygens (including phenoxy) is 2. The minimum absolute atomic E-state index is 0.0644. The Labute approximate surface area is 351 Å². The molecule has 1 atom stereocenters. The SMILES string of the molecule is CCCCC(CC)CNc1nc(Nc2ccc(/C=C(/C(=O)NC[Si](C)(C)C)C(=O)OCC)cc2)nc(Nc2ccc(/C=C(/C(=O)NC[Si](C)(C)C)C(=O)OCC)cc2)n1. The maximum absolute atomic E-state index is 13.0. The standard InChI is InChI=1S/C43H64N8O6Si2/c1-11-15-16-30(12-2)27-44-41-49-42(47-33-21-17-31(18-22-33)25-35(39(54)56-13-3)37(52)45-28-58(5,6)7)51-43(50-41)48-34-23-19-32(20-24-34)26-36(40(55)57-14-4)38(53)46-29-59(8,9)10/h17-26,30H,11-16,27-29H2,1-10H3,(H,45,52)(H,46,53)(H3,44,47,48,49,50,51)/b35-25-,36-26-. The molecular weight excluding hydrogens is 781 g/mol. The van der Waals surface area contributed by atoms with Crippen LogP contribution in [-0.4, -0.2) is 86.9 Å². The van der Waals surface area contributed by atoms with E-state index >= 15 is 0 Å². The predicted octanol–water partition coefficient (Wildman–Crippen LogP) is 7.87. The predicted molar refractivity (Wildman–Crippen MR) is 243 cm³/mol. The van der Waals surface area contributed by atoms with Gasteiger partial charge >= 0.3 is 11.9 Å². The summed E-state index contributed by atoms with van der Waals surface area (Å²) in [7, 11) is -3.20. The third kappa shape index (κ3) is 17.6. The summed E-state index contributed by atoms with van der Waals surface area (Å²) in [5.41, 5.74) is 2.49. The number of unbranched alkanes of at least 4 members (excludes halogenated alkanes) is 1.